The van der Waals surface area contributed by atoms with Crippen LogP contribution in [0.3, 0.4) is 0 Å². The molecule has 0 amide bonds. The SMILES string of the molecule is Cc1ccc(-c2nc3ccc(CCN)cn3c2CN2CCNCC2)cc1. The highest BCUT2D eigenvalue weighted by Gasteiger charge is 2.18. The van der Waals surface area contributed by atoms with Crippen molar-refractivity contribution in [2.24, 2.45) is 5.73 Å². The van der Waals surface area contributed by atoms with E-state index in [1.54, 1.807) is 0 Å². The van der Waals surface area contributed by atoms with Crippen LogP contribution in [0.2, 0.25) is 0 Å². The van der Waals surface area contributed by atoms with Gasteiger partial charge in [-0.25, -0.2) is 4.98 Å². The number of hydrogen-bond acceptors (Lipinski definition) is 4. The fourth-order valence-corrected chi connectivity index (χ4v) is 3.63. The third kappa shape index (κ3) is 3.51. The van der Waals surface area contributed by atoms with E-state index in [9.17, 15) is 0 Å². The van der Waals surface area contributed by atoms with Gasteiger partial charge in [-0.05, 0) is 31.5 Å². The molecule has 0 radical (unpaired) electrons. The first-order valence-corrected chi connectivity index (χ1v) is 9.44. The zero-order valence-electron chi connectivity index (χ0n) is 15.4. The Morgan fingerprint density at radius 2 is 1.85 bits per heavy atom. The minimum Gasteiger partial charge on any atom is -0.330 e. The molecule has 0 aliphatic carbocycles. The molecule has 3 aromatic rings. The van der Waals surface area contributed by atoms with Gasteiger partial charge in [-0.2, -0.15) is 0 Å². The Labute approximate surface area is 154 Å². The second-order valence-corrected chi connectivity index (χ2v) is 7.10. The lowest BCUT2D eigenvalue weighted by Crippen LogP contribution is -2.43. The molecule has 5 heteroatoms. The van der Waals surface area contributed by atoms with E-state index in [1.165, 1.54) is 22.4 Å². The van der Waals surface area contributed by atoms with Crippen LogP contribution in [0.25, 0.3) is 16.9 Å². The van der Waals surface area contributed by atoms with Gasteiger partial charge in [-0.15, -0.1) is 0 Å². The summed E-state index contributed by atoms with van der Waals surface area (Å²) >= 11 is 0. The smallest absolute Gasteiger partial charge is 0.137 e. The summed E-state index contributed by atoms with van der Waals surface area (Å²) in [5, 5.41) is 3.43. The summed E-state index contributed by atoms with van der Waals surface area (Å²) in [6.07, 6.45) is 3.10. The molecule has 136 valence electrons. The molecule has 2 aromatic heterocycles. The Kier molecular flexibility index (Phi) is 5.02. The average molecular weight is 349 g/mol. The molecule has 0 saturated carbocycles. The molecule has 1 aliphatic rings. The molecule has 0 spiro atoms. The number of benzene rings is 1. The van der Waals surface area contributed by atoms with E-state index in [1.807, 2.05) is 0 Å². The van der Waals surface area contributed by atoms with Crippen LogP contribution in [-0.4, -0.2) is 47.0 Å². The van der Waals surface area contributed by atoms with Gasteiger partial charge in [0.25, 0.3) is 0 Å². The number of aryl methyl sites for hydroxylation is 1. The largest absolute Gasteiger partial charge is 0.330 e. The Hall–Kier alpha value is -2.21. The number of aromatic nitrogens is 2. The molecular weight excluding hydrogens is 322 g/mol. The van der Waals surface area contributed by atoms with Crippen molar-refractivity contribution in [3.8, 4) is 11.3 Å². The lowest BCUT2D eigenvalue weighted by atomic mass is 10.1. The molecule has 0 atom stereocenters. The van der Waals surface area contributed by atoms with Gasteiger partial charge in [0, 0.05) is 44.5 Å². The zero-order valence-corrected chi connectivity index (χ0v) is 15.4. The first-order valence-electron chi connectivity index (χ1n) is 9.44. The highest BCUT2D eigenvalue weighted by molar-refractivity contribution is 5.67. The van der Waals surface area contributed by atoms with Crippen LogP contribution in [0.15, 0.2) is 42.6 Å². The second-order valence-electron chi connectivity index (χ2n) is 7.10. The molecule has 1 aromatic carbocycles. The number of hydrogen-bond donors (Lipinski definition) is 2. The fraction of sp³-hybridized carbons (Fsp3) is 0.381. The standard InChI is InChI=1S/C21H27N5/c1-16-2-5-18(6-3-16)21-19(15-25-12-10-23-11-13-25)26-14-17(8-9-22)4-7-20(26)24-21/h2-7,14,23H,8-13,15,22H2,1H3. The number of piperazine rings is 1. The lowest BCUT2D eigenvalue weighted by Gasteiger charge is -2.27. The predicted octanol–water partition coefficient (Wildman–Crippen LogP) is 2.22. The lowest BCUT2D eigenvalue weighted by molar-refractivity contribution is 0.230. The number of imidazole rings is 1. The van der Waals surface area contributed by atoms with Gasteiger partial charge in [-0.3, -0.25) is 4.90 Å². The predicted molar refractivity (Wildman–Crippen MR) is 106 cm³/mol. The summed E-state index contributed by atoms with van der Waals surface area (Å²) in [7, 11) is 0. The highest BCUT2D eigenvalue weighted by Crippen LogP contribution is 2.26. The van der Waals surface area contributed by atoms with Crippen molar-refractivity contribution in [3.63, 3.8) is 0 Å². The molecule has 5 nitrogen and oxygen atoms in total. The van der Waals surface area contributed by atoms with Gasteiger partial charge in [0.15, 0.2) is 0 Å². The number of pyridine rings is 1. The first kappa shape index (κ1) is 17.2. The van der Waals surface area contributed by atoms with Crippen molar-refractivity contribution in [2.75, 3.05) is 32.7 Å². The summed E-state index contributed by atoms with van der Waals surface area (Å²) in [5.74, 6) is 0. The number of nitrogens with two attached hydrogens (primary N) is 1. The molecule has 4 rings (SSSR count). The molecule has 1 saturated heterocycles. The Morgan fingerprint density at radius 3 is 2.58 bits per heavy atom. The summed E-state index contributed by atoms with van der Waals surface area (Å²) in [6, 6.07) is 12.9. The van der Waals surface area contributed by atoms with E-state index in [0.29, 0.717) is 6.54 Å². The van der Waals surface area contributed by atoms with Gasteiger partial charge in [0.2, 0.25) is 0 Å². The van der Waals surface area contributed by atoms with Crippen molar-refractivity contribution in [1.29, 1.82) is 0 Å². The van der Waals surface area contributed by atoms with Crippen molar-refractivity contribution >= 4 is 5.65 Å². The molecular formula is C21H27N5. The van der Waals surface area contributed by atoms with E-state index in [-0.39, 0.29) is 0 Å². The van der Waals surface area contributed by atoms with E-state index in [4.69, 9.17) is 10.7 Å². The maximum atomic E-state index is 5.76. The molecule has 1 aliphatic heterocycles. The van der Waals surface area contributed by atoms with Crippen LogP contribution in [0.5, 0.6) is 0 Å². The van der Waals surface area contributed by atoms with Gasteiger partial charge in [0.1, 0.15) is 5.65 Å². The number of nitrogens with zero attached hydrogens (tertiary/aromatic N) is 3. The van der Waals surface area contributed by atoms with Gasteiger partial charge in [-0.1, -0.05) is 35.9 Å². The van der Waals surface area contributed by atoms with Crippen LogP contribution >= 0.6 is 0 Å². The minimum atomic E-state index is 0.665. The summed E-state index contributed by atoms with van der Waals surface area (Å²) in [4.78, 5) is 7.48. The number of fused-ring (bicyclic) bond motifs is 1. The van der Waals surface area contributed by atoms with Crippen molar-refractivity contribution < 1.29 is 0 Å². The topological polar surface area (TPSA) is 58.6 Å². The van der Waals surface area contributed by atoms with Crippen molar-refractivity contribution in [1.82, 2.24) is 19.6 Å². The Bertz CT molecular complexity index is 875. The quantitative estimate of drug-likeness (QED) is 0.741. The van der Waals surface area contributed by atoms with Gasteiger partial charge in [0.05, 0.1) is 11.4 Å². The van der Waals surface area contributed by atoms with Crippen LogP contribution in [0.1, 0.15) is 16.8 Å². The summed E-state index contributed by atoms with van der Waals surface area (Å²) < 4.78 is 2.27. The van der Waals surface area contributed by atoms with Crippen LogP contribution in [-0.2, 0) is 13.0 Å². The molecule has 3 heterocycles. The molecule has 26 heavy (non-hydrogen) atoms. The van der Waals surface area contributed by atoms with Crippen LogP contribution in [0.4, 0.5) is 0 Å². The fourth-order valence-electron chi connectivity index (χ4n) is 3.63. The number of nitrogens with one attached hydrogen (secondary N) is 1. The molecule has 3 N–H and O–H groups in total. The molecule has 0 unspecified atom stereocenters. The second kappa shape index (κ2) is 7.58. The van der Waals surface area contributed by atoms with E-state index in [2.05, 4.69) is 64.1 Å². The van der Waals surface area contributed by atoms with Crippen molar-refractivity contribution in [2.45, 2.75) is 19.9 Å². The maximum absolute atomic E-state index is 5.76. The van der Waals surface area contributed by atoms with Crippen LogP contribution in [0, 0.1) is 6.92 Å². The Morgan fingerprint density at radius 1 is 1.08 bits per heavy atom. The van der Waals surface area contributed by atoms with Crippen molar-refractivity contribution in [3.05, 3.63) is 59.4 Å². The van der Waals surface area contributed by atoms with E-state index < -0.39 is 0 Å². The van der Waals surface area contributed by atoms with E-state index >= 15 is 0 Å². The minimum absolute atomic E-state index is 0.665. The zero-order chi connectivity index (χ0) is 17.9. The summed E-state index contributed by atoms with van der Waals surface area (Å²) in [5.41, 5.74) is 12.8. The Balaban J connectivity index is 1.80. The maximum Gasteiger partial charge on any atom is 0.137 e. The van der Waals surface area contributed by atoms with Crippen LogP contribution < -0.4 is 11.1 Å². The molecule has 1 fully saturated rings. The van der Waals surface area contributed by atoms with Gasteiger partial charge >= 0.3 is 0 Å². The molecule has 0 bridgehead atoms. The normalized spacial score (nSPS) is 15.6. The number of rotatable bonds is 5. The third-order valence-corrected chi connectivity index (χ3v) is 5.12. The highest BCUT2D eigenvalue weighted by atomic mass is 15.2. The first-order chi connectivity index (χ1) is 12.7. The third-order valence-electron chi connectivity index (χ3n) is 5.12. The monoisotopic (exact) mass is 349 g/mol. The van der Waals surface area contributed by atoms with Gasteiger partial charge < -0.3 is 15.5 Å². The summed E-state index contributed by atoms with van der Waals surface area (Å²) in [6.45, 7) is 7.95. The van der Waals surface area contributed by atoms with E-state index in [0.717, 1.165) is 50.5 Å². The average Bonchev–Trinajstić information content (AvgIpc) is 3.01.